The molecule has 148 valence electrons. The number of hydrogen-bond donors (Lipinski definition) is 2. The maximum atomic E-state index is 12.2. The Bertz CT molecular complexity index is 1140. The molecule has 1 amide bonds. The summed E-state index contributed by atoms with van der Waals surface area (Å²) in [5.41, 5.74) is 3.13. The zero-order valence-corrected chi connectivity index (χ0v) is 17.0. The zero-order chi connectivity index (χ0) is 20.5. The molecule has 3 aromatic rings. The number of amides is 1. The van der Waals surface area contributed by atoms with Crippen molar-refractivity contribution in [3.63, 3.8) is 0 Å². The molecule has 0 unspecified atom stereocenters. The van der Waals surface area contributed by atoms with Crippen molar-refractivity contribution < 1.29 is 13.2 Å². The summed E-state index contributed by atoms with van der Waals surface area (Å²) in [5, 5.41) is 2.93. The summed E-state index contributed by atoms with van der Waals surface area (Å²) in [7, 11) is -3.37. The Hall–Kier alpha value is -2.94. The summed E-state index contributed by atoms with van der Waals surface area (Å²) in [5.74, 6) is 0.786. The van der Waals surface area contributed by atoms with Gasteiger partial charge in [0, 0.05) is 23.9 Å². The highest BCUT2D eigenvalue weighted by molar-refractivity contribution is 7.92. The van der Waals surface area contributed by atoms with Gasteiger partial charge in [-0.1, -0.05) is 26.0 Å². The van der Waals surface area contributed by atoms with Gasteiger partial charge in [0.25, 0.3) is 0 Å². The van der Waals surface area contributed by atoms with Gasteiger partial charge in [0.15, 0.2) is 5.65 Å². The summed E-state index contributed by atoms with van der Waals surface area (Å²) < 4.78 is 27.2. The lowest BCUT2D eigenvalue weighted by molar-refractivity contribution is -0.116. The van der Waals surface area contributed by atoms with Gasteiger partial charge in [-0.2, -0.15) is 0 Å². The highest BCUT2D eigenvalue weighted by Crippen LogP contribution is 2.24. The molecule has 0 atom stereocenters. The van der Waals surface area contributed by atoms with Crippen LogP contribution in [0.25, 0.3) is 16.9 Å². The second kappa shape index (κ2) is 7.59. The first kappa shape index (κ1) is 19.8. The van der Waals surface area contributed by atoms with Crippen molar-refractivity contribution >= 4 is 33.1 Å². The molecular formula is C19H23N5O3S. The van der Waals surface area contributed by atoms with Gasteiger partial charge in [-0.25, -0.2) is 13.4 Å². The van der Waals surface area contributed by atoms with E-state index < -0.39 is 10.0 Å². The standard InChI is InChI=1S/C19H23N5O3S/c1-12(2)8-18(25)22-19-13(3)21-17-10-20-16(11-24(17)19)14-6-5-7-15(9-14)23-28(4,26)27/h5-7,9-12,23H,8H2,1-4H3,(H,22,25). The summed E-state index contributed by atoms with van der Waals surface area (Å²) in [4.78, 5) is 21.1. The molecule has 0 aliphatic rings. The van der Waals surface area contributed by atoms with Gasteiger partial charge >= 0.3 is 0 Å². The molecule has 0 aliphatic carbocycles. The molecule has 0 saturated heterocycles. The monoisotopic (exact) mass is 401 g/mol. The van der Waals surface area contributed by atoms with Gasteiger partial charge in [-0.05, 0) is 25.0 Å². The van der Waals surface area contributed by atoms with E-state index in [-0.39, 0.29) is 11.8 Å². The number of sulfonamides is 1. The van der Waals surface area contributed by atoms with E-state index in [0.717, 1.165) is 11.8 Å². The average molecular weight is 401 g/mol. The number of nitrogens with one attached hydrogen (secondary N) is 2. The van der Waals surface area contributed by atoms with Crippen molar-refractivity contribution in [3.8, 4) is 11.3 Å². The topological polar surface area (TPSA) is 105 Å². The lowest BCUT2D eigenvalue weighted by atomic mass is 10.1. The third kappa shape index (κ3) is 4.66. The lowest BCUT2D eigenvalue weighted by Gasteiger charge is -2.09. The summed E-state index contributed by atoms with van der Waals surface area (Å²) in [6, 6.07) is 6.96. The minimum absolute atomic E-state index is 0.0717. The van der Waals surface area contributed by atoms with Gasteiger partial charge in [-0.3, -0.25) is 18.9 Å². The van der Waals surface area contributed by atoms with Crippen molar-refractivity contribution in [2.75, 3.05) is 16.3 Å². The van der Waals surface area contributed by atoms with E-state index in [1.807, 2.05) is 26.8 Å². The van der Waals surface area contributed by atoms with Crippen LogP contribution in [0, 0.1) is 12.8 Å². The lowest BCUT2D eigenvalue weighted by Crippen LogP contribution is -2.15. The quantitative estimate of drug-likeness (QED) is 0.660. The van der Waals surface area contributed by atoms with Crippen LogP contribution in [-0.2, 0) is 14.8 Å². The normalized spacial score (nSPS) is 11.8. The van der Waals surface area contributed by atoms with Crippen LogP contribution in [-0.4, -0.2) is 34.9 Å². The van der Waals surface area contributed by atoms with Gasteiger partial charge in [0.05, 0.1) is 23.8 Å². The van der Waals surface area contributed by atoms with E-state index in [0.29, 0.717) is 35.0 Å². The Morgan fingerprint density at radius 1 is 1.29 bits per heavy atom. The second-order valence-electron chi connectivity index (χ2n) is 7.15. The van der Waals surface area contributed by atoms with E-state index >= 15 is 0 Å². The molecule has 0 radical (unpaired) electrons. The number of anilines is 2. The zero-order valence-electron chi connectivity index (χ0n) is 16.2. The molecule has 28 heavy (non-hydrogen) atoms. The van der Waals surface area contributed by atoms with Crippen LogP contribution < -0.4 is 10.0 Å². The fraction of sp³-hybridized carbons (Fsp3) is 0.316. The SMILES string of the molecule is Cc1nc2cnc(-c3cccc(NS(C)(=O)=O)c3)cn2c1NC(=O)CC(C)C. The molecule has 8 nitrogen and oxygen atoms in total. The van der Waals surface area contributed by atoms with Crippen LogP contribution in [0.3, 0.4) is 0 Å². The number of benzene rings is 1. The van der Waals surface area contributed by atoms with Crippen molar-refractivity contribution in [3.05, 3.63) is 42.4 Å². The molecule has 0 spiro atoms. The van der Waals surface area contributed by atoms with E-state index in [9.17, 15) is 13.2 Å². The summed E-state index contributed by atoms with van der Waals surface area (Å²) in [6.07, 6.45) is 4.92. The molecule has 2 heterocycles. The number of fused-ring (bicyclic) bond motifs is 1. The van der Waals surface area contributed by atoms with Crippen molar-refractivity contribution in [1.29, 1.82) is 0 Å². The van der Waals surface area contributed by atoms with Crippen LogP contribution in [0.5, 0.6) is 0 Å². The van der Waals surface area contributed by atoms with Crippen LogP contribution in [0.2, 0.25) is 0 Å². The predicted molar refractivity (Wildman–Crippen MR) is 110 cm³/mol. The second-order valence-corrected chi connectivity index (χ2v) is 8.90. The van der Waals surface area contributed by atoms with Crippen molar-refractivity contribution in [1.82, 2.24) is 14.4 Å². The number of carbonyl (C=O) groups is 1. The molecule has 0 saturated carbocycles. The number of aryl methyl sites for hydroxylation is 1. The summed E-state index contributed by atoms with van der Waals surface area (Å²) in [6.45, 7) is 5.80. The fourth-order valence-electron chi connectivity index (χ4n) is 2.88. The number of aromatic nitrogens is 3. The third-order valence-electron chi connectivity index (χ3n) is 4.00. The maximum Gasteiger partial charge on any atom is 0.229 e. The number of hydrogen-bond acceptors (Lipinski definition) is 5. The molecule has 1 aromatic carbocycles. The Labute approximate surface area is 164 Å². The number of imidazole rings is 1. The van der Waals surface area contributed by atoms with E-state index in [4.69, 9.17) is 0 Å². The van der Waals surface area contributed by atoms with Crippen LogP contribution >= 0.6 is 0 Å². The van der Waals surface area contributed by atoms with Crippen LogP contribution in [0.15, 0.2) is 36.7 Å². The first-order chi connectivity index (χ1) is 13.1. The predicted octanol–water partition coefficient (Wildman–Crippen LogP) is 3.06. The Balaban J connectivity index is 1.99. The van der Waals surface area contributed by atoms with Crippen molar-refractivity contribution in [2.45, 2.75) is 27.2 Å². The number of nitrogens with zero attached hydrogens (tertiary/aromatic N) is 3. The third-order valence-corrected chi connectivity index (χ3v) is 4.60. The first-order valence-corrected chi connectivity index (χ1v) is 10.7. The molecule has 0 fully saturated rings. The van der Waals surface area contributed by atoms with E-state index in [1.54, 1.807) is 35.0 Å². The smallest absolute Gasteiger partial charge is 0.229 e. The fourth-order valence-corrected chi connectivity index (χ4v) is 3.44. The van der Waals surface area contributed by atoms with Crippen LogP contribution in [0.4, 0.5) is 11.5 Å². The Morgan fingerprint density at radius 2 is 2.04 bits per heavy atom. The van der Waals surface area contributed by atoms with Gasteiger partial charge < -0.3 is 5.32 Å². The van der Waals surface area contributed by atoms with Gasteiger partial charge in [0.2, 0.25) is 15.9 Å². The van der Waals surface area contributed by atoms with Gasteiger partial charge in [-0.15, -0.1) is 0 Å². The molecule has 0 bridgehead atoms. The maximum absolute atomic E-state index is 12.2. The highest BCUT2D eigenvalue weighted by Gasteiger charge is 2.14. The number of rotatable bonds is 6. The highest BCUT2D eigenvalue weighted by atomic mass is 32.2. The average Bonchev–Trinajstić information content (AvgIpc) is 2.88. The van der Waals surface area contributed by atoms with Gasteiger partial charge in [0.1, 0.15) is 5.82 Å². The van der Waals surface area contributed by atoms with E-state index in [2.05, 4.69) is 20.0 Å². The molecule has 9 heteroatoms. The largest absolute Gasteiger partial charge is 0.310 e. The minimum Gasteiger partial charge on any atom is -0.310 e. The molecule has 3 rings (SSSR count). The molecule has 0 aliphatic heterocycles. The van der Waals surface area contributed by atoms with Crippen LogP contribution in [0.1, 0.15) is 26.0 Å². The molecule has 2 aromatic heterocycles. The van der Waals surface area contributed by atoms with E-state index in [1.165, 1.54) is 0 Å². The Kier molecular flexibility index (Phi) is 5.37. The summed E-state index contributed by atoms with van der Waals surface area (Å²) >= 11 is 0. The minimum atomic E-state index is -3.37. The Morgan fingerprint density at radius 3 is 2.71 bits per heavy atom. The number of carbonyl (C=O) groups excluding carboxylic acids is 1. The van der Waals surface area contributed by atoms with Crippen molar-refractivity contribution in [2.24, 2.45) is 5.92 Å². The first-order valence-electron chi connectivity index (χ1n) is 8.85. The molecular weight excluding hydrogens is 378 g/mol. The molecule has 2 N–H and O–H groups in total.